The van der Waals surface area contributed by atoms with Crippen molar-refractivity contribution in [1.29, 1.82) is 0 Å². The molecule has 1 amide bonds. The van der Waals surface area contributed by atoms with Crippen molar-refractivity contribution < 1.29 is 19.1 Å². The van der Waals surface area contributed by atoms with Crippen LogP contribution in [-0.4, -0.2) is 44.1 Å². The molecule has 1 aromatic carbocycles. The molecule has 0 aliphatic rings. The van der Waals surface area contributed by atoms with E-state index < -0.39 is 0 Å². The fraction of sp³-hybridized carbons (Fsp3) is 0.333. The number of hydrogen-bond acceptors (Lipinski definition) is 4. The van der Waals surface area contributed by atoms with Crippen LogP contribution < -0.4 is 4.74 Å². The van der Waals surface area contributed by atoms with Gasteiger partial charge in [-0.2, -0.15) is 0 Å². The fourth-order valence-corrected chi connectivity index (χ4v) is 1.70. The van der Waals surface area contributed by atoms with Gasteiger partial charge in [-0.05, 0) is 18.2 Å². The number of hydrogen-bond donors (Lipinski definition) is 0. The minimum Gasteiger partial charge on any atom is -0.497 e. The standard InChI is InChI=1S/C15H19NO4/c1-4-9-16(10-8-14(17)20-3)15(18)12-6-5-7-13(11-12)19-2/h4-7,11H,1,8-10H2,2-3H3. The average Bonchev–Trinajstić information content (AvgIpc) is 2.50. The number of esters is 1. The van der Waals surface area contributed by atoms with Gasteiger partial charge in [-0.1, -0.05) is 12.1 Å². The van der Waals surface area contributed by atoms with Crippen LogP contribution in [0.15, 0.2) is 36.9 Å². The van der Waals surface area contributed by atoms with E-state index in [1.54, 1.807) is 42.4 Å². The first-order valence-corrected chi connectivity index (χ1v) is 6.23. The van der Waals surface area contributed by atoms with Crippen molar-refractivity contribution in [2.75, 3.05) is 27.3 Å². The minimum absolute atomic E-state index is 0.153. The molecule has 0 bridgehead atoms. The van der Waals surface area contributed by atoms with Gasteiger partial charge in [0.15, 0.2) is 0 Å². The number of rotatable bonds is 7. The molecule has 0 atom stereocenters. The molecule has 0 heterocycles. The highest BCUT2D eigenvalue weighted by atomic mass is 16.5. The van der Waals surface area contributed by atoms with E-state index in [-0.39, 0.29) is 24.8 Å². The molecule has 0 aliphatic heterocycles. The van der Waals surface area contributed by atoms with Gasteiger partial charge < -0.3 is 14.4 Å². The Hall–Kier alpha value is -2.30. The SMILES string of the molecule is C=CCN(CCC(=O)OC)C(=O)c1cccc(OC)c1. The van der Waals surface area contributed by atoms with Crippen LogP contribution in [0.25, 0.3) is 0 Å². The van der Waals surface area contributed by atoms with Crippen LogP contribution in [0, 0.1) is 0 Å². The number of carbonyl (C=O) groups excluding carboxylic acids is 2. The molecule has 1 aromatic rings. The molecule has 0 radical (unpaired) electrons. The van der Waals surface area contributed by atoms with Gasteiger partial charge in [-0.15, -0.1) is 6.58 Å². The van der Waals surface area contributed by atoms with Crippen LogP contribution in [0.3, 0.4) is 0 Å². The summed E-state index contributed by atoms with van der Waals surface area (Å²) in [6, 6.07) is 6.89. The monoisotopic (exact) mass is 277 g/mol. The Morgan fingerprint density at radius 2 is 2.10 bits per heavy atom. The maximum absolute atomic E-state index is 12.4. The van der Waals surface area contributed by atoms with Gasteiger partial charge in [0.05, 0.1) is 20.6 Å². The van der Waals surface area contributed by atoms with E-state index in [1.807, 2.05) is 0 Å². The predicted octanol–water partition coefficient (Wildman–Crippen LogP) is 1.89. The normalized spacial score (nSPS) is 9.70. The molecule has 5 heteroatoms. The van der Waals surface area contributed by atoms with E-state index in [0.29, 0.717) is 17.9 Å². The van der Waals surface area contributed by atoms with Crippen molar-refractivity contribution in [3.8, 4) is 5.75 Å². The lowest BCUT2D eigenvalue weighted by molar-refractivity contribution is -0.140. The minimum atomic E-state index is -0.350. The molecule has 0 aliphatic carbocycles. The second-order valence-corrected chi connectivity index (χ2v) is 4.10. The van der Waals surface area contributed by atoms with Crippen LogP contribution in [0.1, 0.15) is 16.8 Å². The average molecular weight is 277 g/mol. The molecule has 1 rings (SSSR count). The zero-order valence-electron chi connectivity index (χ0n) is 11.8. The Bertz CT molecular complexity index is 485. The number of benzene rings is 1. The Morgan fingerprint density at radius 1 is 1.35 bits per heavy atom. The van der Waals surface area contributed by atoms with Crippen molar-refractivity contribution >= 4 is 11.9 Å². The lowest BCUT2D eigenvalue weighted by Crippen LogP contribution is -2.33. The molecule has 0 spiro atoms. The maximum atomic E-state index is 12.4. The Balaban J connectivity index is 2.81. The summed E-state index contributed by atoms with van der Waals surface area (Å²) < 4.78 is 9.67. The molecule has 0 aromatic heterocycles. The van der Waals surface area contributed by atoms with Gasteiger partial charge in [-0.25, -0.2) is 0 Å². The third-order valence-corrected chi connectivity index (χ3v) is 2.77. The summed E-state index contributed by atoms with van der Waals surface area (Å²) in [5, 5.41) is 0. The first kappa shape index (κ1) is 15.8. The summed E-state index contributed by atoms with van der Waals surface area (Å²) in [6.07, 6.45) is 1.77. The Kier molecular flexibility index (Phi) is 6.29. The smallest absolute Gasteiger partial charge is 0.307 e. The van der Waals surface area contributed by atoms with Crippen molar-refractivity contribution in [3.05, 3.63) is 42.5 Å². The van der Waals surface area contributed by atoms with E-state index in [1.165, 1.54) is 7.11 Å². The van der Waals surface area contributed by atoms with Crippen LogP contribution in [-0.2, 0) is 9.53 Å². The molecule has 108 valence electrons. The van der Waals surface area contributed by atoms with E-state index in [0.717, 1.165) is 0 Å². The van der Waals surface area contributed by atoms with E-state index in [4.69, 9.17) is 4.74 Å². The second kappa shape index (κ2) is 7.99. The zero-order valence-corrected chi connectivity index (χ0v) is 11.8. The molecule has 5 nitrogen and oxygen atoms in total. The summed E-state index contributed by atoms with van der Waals surface area (Å²) in [5.74, 6) is 0.0904. The van der Waals surface area contributed by atoms with E-state index in [9.17, 15) is 9.59 Å². The highest BCUT2D eigenvalue weighted by molar-refractivity contribution is 5.94. The number of ether oxygens (including phenoxy) is 2. The van der Waals surface area contributed by atoms with Crippen LogP contribution in [0.2, 0.25) is 0 Å². The van der Waals surface area contributed by atoms with Gasteiger partial charge in [0.25, 0.3) is 5.91 Å². The summed E-state index contributed by atoms with van der Waals surface area (Å²) in [6.45, 7) is 4.28. The Morgan fingerprint density at radius 3 is 2.70 bits per heavy atom. The molecule has 0 saturated carbocycles. The third kappa shape index (κ3) is 4.42. The molecule has 0 unspecified atom stereocenters. The van der Waals surface area contributed by atoms with Crippen molar-refractivity contribution in [2.45, 2.75) is 6.42 Å². The summed E-state index contributed by atoms with van der Waals surface area (Å²) in [4.78, 5) is 25.1. The van der Waals surface area contributed by atoms with Gasteiger partial charge in [0.2, 0.25) is 0 Å². The van der Waals surface area contributed by atoms with Crippen LogP contribution in [0.4, 0.5) is 0 Å². The number of nitrogens with zero attached hydrogens (tertiary/aromatic N) is 1. The topological polar surface area (TPSA) is 55.8 Å². The van der Waals surface area contributed by atoms with Crippen molar-refractivity contribution in [3.63, 3.8) is 0 Å². The third-order valence-electron chi connectivity index (χ3n) is 2.77. The lowest BCUT2D eigenvalue weighted by Gasteiger charge is -2.20. The first-order valence-electron chi connectivity index (χ1n) is 6.23. The number of carbonyl (C=O) groups is 2. The van der Waals surface area contributed by atoms with Crippen LogP contribution in [0.5, 0.6) is 5.75 Å². The molecule has 20 heavy (non-hydrogen) atoms. The summed E-state index contributed by atoms with van der Waals surface area (Å²) >= 11 is 0. The maximum Gasteiger partial charge on any atom is 0.307 e. The van der Waals surface area contributed by atoms with Crippen molar-refractivity contribution in [2.24, 2.45) is 0 Å². The van der Waals surface area contributed by atoms with E-state index >= 15 is 0 Å². The first-order chi connectivity index (χ1) is 9.62. The van der Waals surface area contributed by atoms with E-state index in [2.05, 4.69) is 11.3 Å². The summed E-state index contributed by atoms with van der Waals surface area (Å²) in [7, 11) is 2.87. The fourth-order valence-electron chi connectivity index (χ4n) is 1.70. The largest absolute Gasteiger partial charge is 0.497 e. The Labute approximate surface area is 118 Å². The molecule has 0 fully saturated rings. The quantitative estimate of drug-likeness (QED) is 0.564. The summed E-state index contributed by atoms with van der Waals surface area (Å²) in [5.41, 5.74) is 0.510. The van der Waals surface area contributed by atoms with Gasteiger partial charge in [-0.3, -0.25) is 9.59 Å². The number of methoxy groups -OCH3 is 2. The molecule has 0 saturated heterocycles. The van der Waals surface area contributed by atoms with Gasteiger partial charge in [0.1, 0.15) is 5.75 Å². The predicted molar refractivity (Wildman–Crippen MR) is 75.7 cm³/mol. The number of amides is 1. The zero-order chi connectivity index (χ0) is 15.0. The highest BCUT2D eigenvalue weighted by Gasteiger charge is 2.16. The van der Waals surface area contributed by atoms with Gasteiger partial charge in [0, 0.05) is 18.7 Å². The van der Waals surface area contributed by atoms with Crippen molar-refractivity contribution in [1.82, 2.24) is 4.90 Å². The second-order valence-electron chi connectivity index (χ2n) is 4.10. The molecule has 0 N–H and O–H groups in total. The molecular formula is C15H19NO4. The highest BCUT2D eigenvalue weighted by Crippen LogP contribution is 2.14. The van der Waals surface area contributed by atoms with Gasteiger partial charge >= 0.3 is 5.97 Å². The van der Waals surface area contributed by atoms with Crippen LogP contribution >= 0.6 is 0 Å². The lowest BCUT2D eigenvalue weighted by atomic mass is 10.2. The molecular weight excluding hydrogens is 258 g/mol.